The summed E-state index contributed by atoms with van der Waals surface area (Å²) in [6.07, 6.45) is 1.28. The van der Waals surface area contributed by atoms with E-state index in [1.165, 1.54) is 30.8 Å². The summed E-state index contributed by atoms with van der Waals surface area (Å²) in [5.74, 6) is -1.18. The number of hydrogen-bond acceptors (Lipinski definition) is 4. The minimum absolute atomic E-state index is 0.0932. The zero-order valence-electron chi connectivity index (χ0n) is 13.6. The monoisotopic (exact) mass is 405 g/mol. The van der Waals surface area contributed by atoms with Crippen LogP contribution < -0.4 is 5.32 Å². The minimum atomic E-state index is -0.534. The Morgan fingerprint density at radius 1 is 1.39 bits per heavy atom. The SMILES string of the molecule is CCCC(Sc1cc(NC(C)=O)c(F)cc1Br)C(=O)OC(C)C. The van der Waals surface area contributed by atoms with Gasteiger partial charge in [0, 0.05) is 16.3 Å². The van der Waals surface area contributed by atoms with Crippen LogP contribution in [0.4, 0.5) is 10.1 Å². The van der Waals surface area contributed by atoms with E-state index in [4.69, 9.17) is 4.74 Å². The molecule has 0 aliphatic heterocycles. The van der Waals surface area contributed by atoms with Gasteiger partial charge in [0.25, 0.3) is 0 Å². The molecule has 1 unspecified atom stereocenters. The number of ether oxygens (including phenoxy) is 1. The van der Waals surface area contributed by atoms with Gasteiger partial charge < -0.3 is 10.1 Å². The van der Waals surface area contributed by atoms with Crippen LogP contribution >= 0.6 is 27.7 Å². The maximum Gasteiger partial charge on any atom is 0.319 e. The summed E-state index contributed by atoms with van der Waals surface area (Å²) < 4.78 is 19.7. The summed E-state index contributed by atoms with van der Waals surface area (Å²) in [5.41, 5.74) is 0.0932. The molecule has 0 radical (unpaired) electrons. The molecular weight excluding hydrogens is 385 g/mol. The number of amides is 1. The van der Waals surface area contributed by atoms with Gasteiger partial charge in [0.05, 0.1) is 11.8 Å². The van der Waals surface area contributed by atoms with Crippen LogP contribution in [-0.2, 0) is 14.3 Å². The van der Waals surface area contributed by atoms with E-state index in [2.05, 4.69) is 21.2 Å². The van der Waals surface area contributed by atoms with E-state index in [0.717, 1.165) is 6.42 Å². The third kappa shape index (κ3) is 6.51. The molecule has 1 N–H and O–H groups in total. The molecule has 0 saturated heterocycles. The van der Waals surface area contributed by atoms with Gasteiger partial charge in [-0.15, -0.1) is 11.8 Å². The van der Waals surface area contributed by atoms with Gasteiger partial charge in [-0.3, -0.25) is 9.59 Å². The Hall–Kier alpha value is -1.08. The molecular formula is C16H21BrFNO3S. The van der Waals surface area contributed by atoms with E-state index in [9.17, 15) is 14.0 Å². The molecule has 7 heteroatoms. The molecule has 0 aromatic heterocycles. The van der Waals surface area contributed by atoms with Gasteiger partial charge in [-0.25, -0.2) is 4.39 Å². The van der Waals surface area contributed by atoms with E-state index < -0.39 is 5.82 Å². The minimum Gasteiger partial charge on any atom is -0.462 e. The van der Waals surface area contributed by atoms with Gasteiger partial charge >= 0.3 is 5.97 Å². The highest BCUT2D eigenvalue weighted by atomic mass is 79.9. The lowest BCUT2D eigenvalue weighted by Crippen LogP contribution is -2.23. The Balaban J connectivity index is 3.02. The van der Waals surface area contributed by atoms with Crippen molar-refractivity contribution in [3.05, 3.63) is 22.4 Å². The maximum atomic E-state index is 13.9. The summed E-state index contributed by atoms with van der Waals surface area (Å²) >= 11 is 4.60. The third-order valence-electron chi connectivity index (χ3n) is 2.77. The van der Waals surface area contributed by atoms with E-state index in [1.807, 2.05) is 6.92 Å². The summed E-state index contributed by atoms with van der Waals surface area (Å²) in [6.45, 7) is 6.90. The molecule has 0 bridgehead atoms. The zero-order chi connectivity index (χ0) is 17.6. The number of halogens is 2. The van der Waals surface area contributed by atoms with Crippen LogP contribution in [0.15, 0.2) is 21.5 Å². The van der Waals surface area contributed by atoms with Gasteiger partial charge in [0.1, 0.15) is 11.1 Å². The van der Waals surface area contributed by atoms with Gasteiger partial charge in [-0.05, 0) is 48.3 Å². The average molecular weight is 406 g/mol. The zero-order valence-corrected chi connectivity index (χ0v) is 16.0. The molecule has 1 aromatic rings. The number of nitrogens with one attached hydrogen (secondary N) is 1. The highest BCUT2D eigenvalue weighted by Gasteiger charge is 2.23. The Morgan fingerprint density at radius 3 is 2.57 bits per heavy atom. The molecule has 0 spiro atoms. The van der Waals surface area contributed by atoms with Crippen molar-refractivity contribution in [3.63, 3.8) is 0 Å². The Morgan fingerprint density at radius 2 is 2.04 bits per heavy atom. The van der Waals surface area contributed by atoms with Gasteiger partial charge in [-0.2, -0.15) is 0 Å². The molecule has 1 aromatic carbocycles. The van der Waals surface area contributed by atoms with Crippen LogP contribution in [-0.4, -0.2) is 23.2 Å². The first-order valence-corrected chi connectivity index (χ1v) is 9.05. The number of thioether (sulfide) groups is 1. The van der Waals surface area contributed by atoms with Gasteiger partial charge in [0.15, 0.2) is 0 Å². The van der Waals surface area contributed by atoms with Crippen molar-refractivity contribution in [2.45, 2.75) is 56.8 Å². The molecule has 0 heterocycles. The molecule has 23 heavy (non-hydrogen) atoms. The van der Waals surface area contributed by atoms with E-state index in [-0.39, 0.29) is 28.9 Å². The number of hydrogen-bond donors (Lipinski definition) is 1. The Bertz CT molecular complexity index is 581. The molecule has 4 nitrogen and oxygen atoms in total. The predicted octanol–water partition coefficient (Wildman–Crippen LogP) is 4.76. The second kappa shape index (κ2) is 9.27. The number of esters is 1. The molecule has 1 amide bonds. The largest absolute Gasteiger partial charge is 0.462 e. The fourth-order valence-electron chi connectivity index (χ4n) is 1.85. The smallest absolute Gasteiger partial charge is 0.319 e. The fourth-order valence-corrected chi connectivity index (χ4v) is 3.62. The lowest BCUT2D eigenvalue weighted by Gasteiger charge is -2.18. The molecule has 1 atom stereocenters. The van der Waals surface area contributed by atoms with Crippen molar-refractivity contribution in [1.29, 1.82) is 0 Å². The lowest BCUT2D eigenvalue weighted by atomic mass is 10.2. The average Bonchev–Trinajstić information content (AvgIpc) is 2.42. The molecule has 1 rings (SSSR count). The van der Waals surface area contributed by atoms with Crippen molar-refractivity contribution in [2.75, 3.05) is 5.32 Å². The van der Waals surface area contributed by atoms with E-state index >= 15 is 0 Å². The van der Waals surface area contributed by atoms with Crippen LogP contribution in [0.1, 0.15) is 40.5 Å². The van der Waals surface area contributed by atoms with Crippen LogP contribution in [0.5, 0.6) is 0 Å². The first kappa shape index (κ1) is 20.0. The standard InChI is InChI=1S/C16H21BrFNO3S/c1-5-6-14(16(21)22-9(2)3)23-15-8-13(19-10(4)20)12(18)7-11(15)17/h7-9,14H,5-6H2,1-4H3,(H,19,20). The van der Waals surface area contributed by atoms with Crippen molar-refractivity contribution in [3.8, 4) is 0 Å². The number of carbonyl (C=O) groups excluding carboxylic acids is 2. The topological polar surface area (TPSA) is 55.4 Å². The predicted molar refractivity (Wildman–Crippen MR) is 94.2 cm³/mol. The number of benzene rings is 1. The van der Waals surface area contributed by atoms with Gasteiger partial charge in [-0.1, -0.05) is 13.3 Å². The fraction of sp³-hybridized carbons (Fsp3) is 0.500. The number of rotatable bonds is 7. The van der Waals surface area contributed by atoms with Gasteiger partial charge in [0.2, 0.25) is 5.91 Å². The number of anilines is 1. The number of carbonyl (C=O) groups is 2. The summed E-state index contributed by atoms with van der Waals surface area (Å²) in [5, 5.41) is 2.06. The summed E-state index contributed by atoms with van der Waals surface area (Å²) in [7, 11) is 0. The molecule has 0 aliphatic rings. The van der Waals surface area contributed by atoms with Crippen molar-refractivity contribution in [1.82, 2.24) is 0 Å². The quantitative estimate of drug-likeness (QED) is 0.524. The summed E-state index contributed by atoms with van der Waals surface area (Å²) in [6, 6.07) is 2.81. The Labute approximate surface area is 148 Å². The van der Waals surface area contributed by atoms with E-state index in [1.54, 1.807) is 13.8 Å². The van der Waals surface area contributed by atoms with Crippen molar-refractivity contribution < 1.29 is 18.7 Å². The van der Waals surface area contributed by atoms with Crippen LogP contribution in [0.2, 0.25) is 0 Å². The molecule has 0 fully saturated rings. The van der Waals surface area contributed by atoms with Crippen LogP contribution in [0.25, 0.3) is 0 Å². The first-order valence-electron chi connectivity index (χ1n) is 7.38. The first-order chi connectivity index (χ1) is 10.7. The highest BCUT2D eigenvalue weighted by Crippen LogP contribution is 2.36. The van der Waals surface area contributed by atoms with Crippen LogP contribution in [0.3, 0.4) is 0 Å². The third-order valence-corrected chi connectivity index (χ3v) is 4.99. The Kier molecular flexibility index (Phi) is 8.05. The summed E-state index contributed by atoms with van der Waals surface area (Å²) in [4.78, 5) is 24.0. The van der Waals surface area contributed by atoms with Crippen molar-refractivity contribution >= 4 is 45.3 Å². The second-order valence-electron chi connectivity index (χ2n) is 5.32. The highest BCUT2D eigenvalue weighted by molar-refractivity contribution is 9.10. The molecule has 128 valence electrons. The normalized spacial score (nSPS) is 12.1. The van der Waals surface area contributed by atoms with Crippen molar-refractivity contribution in [2.24, 2.45) is 0 Å². The lowest BCUT2D eigenvalue weighted by molar-refractivity contribution is -0.146. The second-order valence-corrected chi connectivity index (χ2v) is 7.42. The van der Waals surface area contributed by atoms with E-state index in [0.29, 0.717) is 15.8 Å². The maximum absolute atomic E-state index is 13.9. The molecule has 0 aliphatic carbocycles. The van der Waals surface area contributed by atoms with Crippen LogP contribution in [0, 0.1) is 5.82 Å². The molecule has 0 saturated carbocycles.